The molecule has 0 fully saturated rings. The molecule has 0 saturated carbocycles. The van der Waals surface area contributed by atoms with Crippen molar-refractivity contribution in [2.45, 2.75) is 270 Å². The van der Waals surface area contributed by atoms with Gasteiger partial charge in [-0.1, -0.05) is 269 Å². The Morgan fingerprint density at radius 3 is 0.968 bits per heavy atom. The Morgan fingerprint density at radius 1 is 0.312 bits per heavy atom. The Balaban J connectivity index is 4.66. The van der Waals surface area contributed by atoms with Crippen LogP contribution >= 0.6 is 15.6 Å². The standard InChI is InChI=1S/C75H124O16P2/c1-4-7-10-13-16-19-22-25-27-29-31-32-33-34-35-36-38-40-41-44-46-49-52-55-58-61-73(78)85-64-70(76)65-87-92(81,82)88-66-71(77)67-89-93(83,84)90-69-72(91-75(80)63-60-57-54-51-48-43-24-21-18-15-12-9-6-3)68-86-74(79)62-59-56-53-50-47-45-42-39-37-30-28-26-23-20-17-14-11-8-5-2/h7-8,10-11,16-17,19-20,25-28,31-32,34-35,37-40,45,47,53,56,70-72,76-77H,4-6,9,12-15,18,21-24,29-30,33,36,41-44,46,48-52,54-55,57-69H2,1-3H3,(H,81,82)(H,83,84)/b10-7-,11-8-,19-16-,20-17-,27-25-,28-26-,32-31-,35-34-,39-37-,40-38-,47-45-,56-53-. The monoisotopic (exact) mass is 1340 g/mol. The fourth-order valence-corrected chi connectivity index (χ4v) is 10.4. The molecule has 0 saturated heterocycles. The smallest absolute Gasteiger partial charge is 0.463 e. The summed E-state index contributed by atoms with van der Waals surface area (Å²) in [5, 5.41) is 20.6. The summed E-state index contributed by atoms with van der Waals surface area (Å²) in [4.78, 5) is 58.4. The van der Waals surface area contributed by atoms with Crippen molar-refractivity contribution >= 4 is 33.6 Å². The molecular weight excluding hydrogens is 1220 g/mol. The van der Waals surface area contributed by atoms with Gasteiger partial charge in [0.1, 0.15) is 25.4 Å². The van der Waals surface area contributed by atoms with E-state index in [-0.39, 0.29) is 19.3 Å². The summed E-state index contributed by atoms with van der Waals surface area (Å²) >= 11 is 0. The van der Waals surface area contributed by atoms with Crippen LogP contribution in [-0.2, 0) is 55.8 Å². The second-order valence-corrected chi connectivity index (χ2v) is 25.8. The quantitative estimate of drug-likeness (QED) is 0.0146. The predicted octanol–water partition coefficient (Wildman–Crippen LogP) is 19.8. The molecule has 93 heavy (non-hydrogen) atoms. The number of carbonyl (C=O) groups excluding carboxylic acids is 3. The van der Waals surface area contributed by atoms with Crippen molar-refractivity contribution in [2.24, 2.45) is 0 Å². The van der Waals surface area contributed by atoms with Gasteiger partial charge in [0.05, 0.1) is 26.4 Å². The molecule has 0 rings (SSSR count). The van der Waals surface area contributed by atoms with Gasteiger partial charge >= 0.3 is 33.6 Å². The average molecular weight is 1340 g/mol. The number of esters is 3. The molecule has 5 atom stereocenters. The SMILES string of the molecule is CC/C=C\C/C=C\C/C=C\C/C=C\C/C=C\C/C=C\CCCCCCCCC(=O)OCC(O)COP(=O)(O)OCC(O)COP(=O)(O)OCC(COC(=O)CC/C=C\C/C=C\C/C=C\C/C=C\C/C=C\C/C=C\CC)OC(=O)CCCCCCCCCCCCCCC. The Hall–Kier alpha value is -4.57. The zero-order chi connectivity index (χ0) is 68.1. The second kappa shape index (κ2) is 67.4. The summed E-state index contributed by atoms with van der Waals surface area (Å²) in [5.41, 5.74) is 0. The first-order valence-electron chi connectivity index (χ1n) is 35.1. The van der Waals surface area contributed by atoms with Crippen molar-refractivity contribution in [3.63, 3.8) is 0 Å². The summed E-state index contributed by atoms with van der Waals surface area (Å²) in [5.74, 6) is -1.69. The average Bonchev–Trinajstić information content (AvgIpc) is 3.74. The topological polar surface area (TPSA) is 231 Å². The minimum Gasteiger partial charge on any atom is -0.463 e. The molecule has 0 aliphatic rings. The fourth-order valence-electron chi connectivity index (χ4n) is 8.78. The number of aliphatic hydroxyl groups excluding tert-OH is 2. The number of hydrogen-bond acceptors (Lipinski definition) is 14. The second-order valence-electron chi connectivity index (χ2n) is 22.9. The van der Waals surface area contributed by atoms with Crippen LogP contribution in [0.2, 0.25) is 0 Å². The molecule has 0 spiro atoms. The highest BCUT2D eigenvalue weighted by molar-refractivity contribution is 7.47. The summed E-state index contributed by atoms with van der Waals surface area (Å²) in [6.07, 6.45) is 80.6. The van der Waals surface area contributed by atoms with E-state index in [0.717, 1.165) is 135 Å². The van der Waals surface area contributed by atoms with Crippen molar-refractivity contribution in [3.05, 3.63) is 146 Å². The van der Waals surface area contributed by atoms with Gasteiger partial charge in [-0.3, -0.25) is 32.5 Å². The summed E-state index contributed by atoms with van der Waals surface area (Å²) in [6.45, 7) is 2.32. The van der Waals surface area contributed by atoms with E-state index in [1.165, 1.54) is 51.4 Å². The minimum atomic E-state index is -4.94. The minimum absolute atomic E-state index is 0.0428. The normalized spacial score (nSPS) is 15.0. The van der Waals surface area contributed by atoms with Crippen molar-refractivity contribution in [1.29, 1.82) is 0 Å². The molecule has 0 aromatic carbocycles. The molecule has 16 nitrogen and oxygen atoms in total. The number of carbonyl (C=O) groups is 3. The molecule has 530 valence electrons. The number of allylic oxidation sites excluding steroid dienone is 24. The summed E-state index contributed by atoms with van der Waals surface area (Å²) in [6, 6.07) is 0. The van der Waals surface area contributed by atoms with Crippen LogP contribution in [0, 0.1) is 0 Å². The maximum Gasteiger partial charge on any atom is 0.472 e. The maximum atomic E-state index is 12.9. The van der Waals surface area contributed by atoms with E-state index in [0.29, 0.717) is 25.7 Å². The first-order valence-corrected chi connectivity index (χ1v) is 38.1. The van der Waals surface area contributed by atoms with Gasteiger partial charge in [-0.05, 0) is 109 Å². The van der Waals surface area contributed by atoms with E-state index in [2.05, 4.69) is 148 Å². The highest BCUT2D eigenvalue weighted by atomic mass is 31.2. The van der Waals surface area contributed by atoms with Crippen LogP contribution in [0.25, 0.3) is 0 Å². The van der Waals surface area contributed by atoms with Crippen molar-refractivity contribution < 1.29 is 75.8 Å². The van der Waals surface area contributed by atoms with Crippen LogP contribution in [0.3, 0.4) is 0 Å². The first kappa shape index (κ1) is 88.4. The van der Waals surface area contributed by atoms with Gasteiger partial charge in [-0.15, -0.1) is 0 Å². The largest absolute Gasteiger partial charge is 0.472 e. The highest BCUT2D eigenvalue weighted by Crippen LogP contribution is 2.45. The van der Waals surface area contributed by atoms with Crippen molar-refractivity contribution in [1.82, 2.24) is 0 Å². The predicted molar refractivity (Wildman–Crippen MR) is 380 cm³/mol. The van der Waals surface area contributed by atoms with E-state index in [4.69, 9.17) is 32.3 Å². The van der Waals surface area contributed by atoms with Crippen LogP contribution in [-0.4, -0.2) is 95.9 Å². The van der Waals surface area contributed by atoms with E-state index in [1.807, 2.05) is 18.2 Å². The summed E-state index contributed by atoms with van der Waals surface area (Å²) in [7, 11) is -9.81. The zero-order valence-corrected chi connectivity index (χ0v) is 59.2. The van der Waals surface area contributed by atoms with Crippen LogP contribution in [0.15, 0.2) is 146 Å². The molecule has 0 aromatic heterocycles. The zero-order valence-electron chi connectivity index (χ0n) is 57.4. The van der Waals surface area contributed by atoms with Gasteiger partial charge in [-0.2, -0.15) is 0 Å². The molecule has 18 heteroatoms. The Kier molecular flexibility index (Phi) is 64.1. The van der Waals surface area contributed by atoms with Gasteiger partial charge in [0.25, 0.3) is 0 Å². The number of hydrogen-bond donors (Lipinski definition) is 4. The van der Waals surface area contributed by atoms with Gasteiger partial charge < -0.3 is 34.2 Å². The lowest BCUT2D eigenvalue weighted by Crippen LogP contribution is -2.30. The number of unbranched alkanes of at least 4 members (excludes halogenated alkanes) is 18. The number of phosphoric ester groups is 2. The van der Waals surface area contributed by atoms with Crippen molar-refractivity contribution in [2.75, 3.05) is 39.6 Å². The molecule has 0 aliphatic heterocycles. The van der Waals surface area contributed by atoms with Gasteiger partial charge in [-0.25, -0.2) is 9.13 Å². The van der Waals surface area contributed by atoms with Crippen LogP contribution in [0.1, 0.15) is 252 Å². The molecule has 0 bridgehead atoms. The highest BCUT2D eigenvalue weighted by Gasteiger charge is 2.29. The molecular formula is C75H124O16P2. The van der Waals surface area contributed by atoms with Crippen molar-refractivity contribution in [3.8, 4) is 0 Å². The molecule has 0 radical (unpaired) electrons. The lowest BCUT2D eigenvalue weighted by Gasteiger charge is -2.21. The molecule has 0 heterocycles. The van der Waals surface area contributed by atoms with Gasteiger partial charge in [0, 0.05) is 19.3 Å². The van der Waals surface area contributed by atoms with E-state index >= 15 is 0 Å². The Bertz CT molecular complexity index is 2280. The Morgan fingerprint density at radius 2 is 0.591 bits per heavy atom. The molecule has 0 aromatic rings. The van der Waals surface area contributed by atoms with Crippen LogP contribution in [0.4, 0.5) is 0 Å². The number of rotatable bonds is 65. The molecule has 0 amide bonds. The lowest BCUT2D eigenvalue weighted by atomic mass is 10.0. The molecule has 5 unspecified atom stereocenters. The van der Waals surface area contributed by atoms with Gasteiger partial charge in [0.2, 0.25) is 0 Å². The van der Waals surface area contributed by atoms with E-state index < -0.39 is 91.5 Å². The first-order chi connectivity index (χ1) is 45.2. The third-order valence-electron chi connectivity index (χ3n) is 14.1. The van der Waals surface area contributed by atoms with Gasteiger partial charge in [0.15, 0.2) is 6.10 Å². The van der Waals surface area contributed by atoms with Crippen LogP contribution in [0.5, 0.6) is 0 Å². The molecule has 0 aliphatic carbocycles. The number of ether oxygens (including phenoxy) is 3. The van der Waals surface area contributed by atoms with E-state index in [1.54, 1.807) is 0 Å². The lowest BCUT2D eigenvalue weighted by molar-refractivity contribution is -0.161. The van der Waals surface area contributed by atoms with E-state index in [9.17, 15) is 43.5 Å². The third kappa shape index (κ3) is 68.6. The van der Waals surface area contributed by atoms with Crippen LogP contribution < -0.4 is 0 Å². The molecule has 4 N–H and O–H groups in total. The number of aliphatic hydroxyl groups is 2. The Labute approximate surface area is 562 Å². The maximum absolute atomic E-state index is 12.9. The number of phosphoric acid groups is 2. The third-order valence-corrected chi connectivity index (χ3v) is 16.0. The fraction of sp³-hybridized carbons (Fsp3) is 0.640. The summed E-state index contributed by atoms with van der Waals surface area (Å²) < 4.78 is 60.8.